The molecule has 1 aliphatic carbocycles. The number of hydrogen-bond donors (Lipinski definition) is 0. The molecule has 0 spiro atoms. The highest BCUT2D eigenvalue weighted by Crippen LogP contribution is 2.73. The zero-order chi connectivity index (χ0) is 24.4. The SMILES string of the molecule is COCC1(OP(C)(=O)[O-])C2[C@@H]3OC[C@]21OC3C.COC[C@@]12COC([C@H](C)O1)[C@H]2OP(C)(=O)[O-]. The molecule has 0 radical (unpaired) electrons. The molecular weight excluding hydrogens is 482 g/mol. The van der Waals surface area contributed by atoms with E-state index in [1.54, 1.807) is 0 Å². The first-order chi connectivity index (χ1) is 15.2. The van der Waals surface area contributed by atoms with Gasteiger partial charge in [0.2, 0.25) is 0 Å². The minimum atomic E-state index is -3.83. The van der Waals surface area contributed by atoms with Gasteiger partial charge in [-0.3, -0.25) is 0 Å². The van der Waals surface area contributed by atoms with Crippen LogP contribution in [0.1, 0.15) is 13.8 Å². The van der Waals surface area contributed by atoms with Gasteiger partial charge in [0, 0.05) is 27.5 Å². The molecule has 1 saturated carbocycles. The fourth-order valence-electron chi connectivity index (χ4n) is 5.92. The van der Waals surface area contributed by atoms with Crippen molar-refractivity contribution in [2.75, 3.05) is 54.0 Å². The molecule has 6 unspecified atom stereocenters. The monoisotopic (exact) mass is 514 g/mol. The van der Waals surface area contributed by atoms with Crippen molar-refractivity contribution >= 4 is 15.2 Å². The minimum absolute atomic E-state index is 0.00905. The molecule has 0 N–H and O–H groups in total. The van der Waals surface area contributed by atoms with E-state index in [0.717, 1.165) is 13.3 Å². The van der Waals surface area contributed by atoms with Gasteiger partial charge in [0.1, 0.15) is 44.2 Å². The second kappa shape index (κ2) is 8.57. The van der Waals surface area contributed by atoms with Crippen molar-refractivity contribution in [2.24, 2.45) is 5.92 Å². The smallest absolute Gasteiger partial charge is 0.144 e. The maximum Gasteiger partial charge on any atom is 0.144 e. The molecule has 4 saturated heterocycles. The second-order valence-electron chi connectivity index (χ2n) is 9.54. The number of hydrogen-bond acceptors (Lipinski definition) is 12. The molecular formula is C19H32O12P2-2. The Balaban J connectivity index is 0.000000157. The molecule has 5 rings (SSSR count). The Morgan fingerprint density at radius 3 is 1.97 bits per heavy atom. The van der Waals surface area contributed by atoms with Crippen molar-refractivity contribution in [3.63, 3.8) is 0 Å². The molecule has 0 aromatic carbocycles. The largest absolute Gasteiger partial charge is 0.779 e. The molecule has 11 atom stereocenters. The van der Waals surface area contributed by atoms with Crippen LogP contribution in [0.3, 0.4) is 0 Å². The van der Waals surface area contributed by atoms with Crippen LogP contribution in [0.25, 0.3) is 0 Å². The molecule has 0 aromatic heterocycles. The number of fused-ring (bicyclic) bond motifs is 2. The van der Waals surface area contributed by atoms with Gasteiger partial charge in [0.05, 0.1) is 50.7 Å². The highest BCUT2D eigenvalue weighted by Gasteiger charge is 2.90. The molecule has 5 aliphatic rings. The summed E-state index contributed by atoms with van der Waals surface area (Å²) >= 11 is 0. The first kappa shape index (κ1) is 26.1. The third kappa shape index (κ3) is 4.30. The van der Waals surface area contributed by atoms with E-state index < -0.39 is 38.1 Å². The minimum Gasteiger partial charge on any atom is -0.779 e. The van der Waals surface area contributed by atoms with Gasteiger partial charge >= 0.3 is 0 Å². The van der Waals surface area contributed by atoms with Gasteiger partial charge < -0.3 is 56.4 Å². The Labute approximate surface area is 193 Å². The summed E-state index contributed by atoms with van der Waals surface area (Å²) in [6.07, 6.45) is -1.21. The summed E-state index contributed by atoms with van der Waals surface area (Å²) in [5.41, 5.74) is -2.28. The standard InChI is InChI=1S/C10H17O6P.C9H17O6P/c1-6-7-8-9(15-6,5-14-7)10(8,4-13-2)16-17(3,11)12;1-6-7-8(15-16(3,10)11)9(14-6,4-12-2)5-13-7/h6-8H,4-5H2,1-3H3,(H,11,12);6-8H,4-5H2,1-3H3,(H,10,11)/p-2/t6?,7-,8?,9+,10?;6-,7?,8+,9-/m10/s1. The summed E-state index contributed by atoms with van der Waals surface area (Å²) in [6, 6.07) is 0. The Hall–Kier alpha value is 0.0600. The lowest BCUT2D eigenvalue weighted by atomic mass is 10.00. The van der Waals surface area contributed by atoms with Gasteiger partial charge in [-0.1, -0.05) is 0 Å². The van der Waals surface area contributed by atoms with Gasteiger partial charge in [-0.25, -0.2) is 0 Å². The third-order valence-corrected chi connectivity index (χ3v) is 8.18. The van der Waals surface area contributed by atoms with Crippen molar-refractivity contribution < 1.29 is 56.4 Å². The third-order valence-electron chi connectivity index (χ3n) is 6.92. The maximum absolute atomic E-state index is 11.4. The molecule has 5 fully saturated rings. The topological polar surface area (TPSA) is 154 Å². The van der Waals surface area contributed by atoms with Crippen molar-refractivity contribution in [3.05, 3.63) is 0 Å². The van der Waals surface area contributed by atoms with E-state index in [1.807, 2.05) is 13.8 Å². The van der Waals surface area contributed by atoms with Gasteiger partial charge in [0.25, 0.3) is 0 Å². The summed E-state index contributed by atoms with van der Waals surface area (Å²) in [6.45, 7) is 7.06. The van der Waals surface area contributed by atoms with E-state index in [2.05, 4.69) is 0 Å². The van der Waals surface area contributed by atoms with Crippen LogP contribution in [-0.4, -0.2) is 101 Å². The fraction of sp³-hybridized carbons (Fsp3) is 1.00. The average molecular weight is 514 g/mol. The maximum atomic E-state index is 11.4. The molecule has 0 aromatic rings. The lowest BCUT2D eigenvalue weighted by molar-refractivity contribution is -0.227. The number of rotatable bonds is 8. The van der Waals surface area contributed by atoms with Crippen molar-refractivity contribution in [1.29, 1.82) is 0 Å². The van der Waals surface area contributed by atoms with Crippen LogP contribution in [0, 0.1) is 5.92 Å². The molecule has 14 heteroatoms. The van der Waals surface area contributed by atoms with Crippen molar-refractivity contribution in [2.45, 2.75) is 61.2 Å². The van der Waals surface area contributed by atoms with Crippen molar-refractivity contribution in [1.82, 2.24) is 0 Å². The molecule has 12 nitrogen and oxygen atoms in total. The highest BCUT2D eigenvalue weighted by atomic mass is 31.2. The van der Waals surface area contributed by atoms with Crippen molar-refractivity contribution in [3.8, 4) is 0 Å². The Bertz CT molecular complexity index is 845. The predicted molar refractivity (Wildman–Crippen MR) is 109 cm³/mol. The van der Waals surface area contributed by atoms with Crippen LogP contribution < -0.4 is 9.79 Å². The van der Waals surface area contributed by atoms with Gasteiger partial charge in [0.15, 0.2) is 0 Å². The normalized spacial score (nSPS) is 50.3. The van der Waals surface area contributed by atoms with Crippen LogP contribution in [0.15, 0.2) is 0 Å². The van der Waals surface area contributed by atoms with E-state index in [4.69, 9.17) is 37.5 Å². The Morgan fingerprint density at radius 1 is 0.909 bits per heavy atom. The molecule has 0 amide bonds. The molecule has 4 heterocycles. The zero-order valence-corrected chi connectivity index (χ0v) is 21.4. The fourth-order valence-corrected chi connectivity index (χ4v) is 7.56. The quantitative estimate of drug-likeness (QED) is 0.384. The summed E-state index contributed by atoms with van der Waals surface area (Å²) < 4.78 is 65.8. The van der Waals surface area contributed by atoms with Crippen LogP contribution >= 0.6 is 15.2 Å². The van der Waals surface area contributed by atoms with Crippen LogP contribution in [0.4, 0.5) is 0 Å². The Kier molecular flexibility index (Phi) is 6.79. The van der Waals surface area contributed by atoms with E-state index in [-0.39, 0.29) is 43.5 Å². The van der Waals surface area contributed by atoms with Gasteiger partial charge in [-0.2, -0.15) is 0 Å². The van der Waals surface area contributed by atoms with E-state index in [9.17, 15) is 18.9 Å². The first-order valence-electron chi connectivity index (χ1n) is 10.8. The molecule has 4 bridgehead atoms. The van der Waals surface area contributed by atoms with Crippen LogP contribution in [0.5, 0.6) is 0 Å². The van der Waals surface area contributed by atoms with Crippen LogP contribution in [-0.2, 0) is 46.6 Å². The lowest BCUT2D eigenvalue weighted by Crippen LogP contribution is -2.48. The van der Waals surface area contributed by atoms with Gasteiger partial charge in [-0.15, -0.1) is 0 Å². The lowest BCUT2D eigenvalue weighted by Gasteiger charge is -2.37. The number of ether oxygens (including phenoxy) is 6. The Morgan fingerprint density at radius 2 is 1.52 bits per heavy atom. The number of methoxy groups -OCH3 is 2. The van der Waals surface area contributed by atoms with Gasteiger partial charge in [-0.05, 0) is 13.8 Å². The first-order valence-corrected chi connectivity index (χ1v) is 14.7. The van der Waals surface area contributed by atoms with Crippen LogP contribution in [0.2, 0.25) is 0 Å². The molecule has 192 valence electrons. The summed E-state index contributed by atoms with van der Waals surface area (Å²) in [5.74, 6) is -0.0350. The zero-order valence-electron chi connectivity index (χ0n) is 19.6. The second-order valence-corrected chi connectivity index (χ2v) is 13.0. The summed E-state index contributed by atoms with van der Waals surface area (Å²) in [7, 11) is -4.57. The summed E-state index contributed by atoms with van der Waals surface area (Å²) in [4.78, 5) is 22.6. The van der Waals surface area contributed by atoms with E-state index in [0.29, 0.717) is 13.2 Å². The average Bonchev–Trinajstić information content (AvgIpc) is 3.12. The molecule has 4 aliphatic heterocycles. The predicted octanol–water partition coefficient (Wildman–Crippen LogP) is -0.485. The van der Waals surface area contributed by atoms with E-state index >= 15 is 0 Å². The molecule has 33 heavy (non-hydrogen) atoms. The highest BCUT2D eigenvalue weighted by molar-refractivity contribution is 7.50. The van der Waals surface area contributed by atoms with E-state index in [1.165, 1.54) is 14.2 Å². The summed E-state index contributed by atoms with van der Waals surface area (Å²) in [5, 5.41) is 0.